The van der Waals surface area contributed by atoms with E-state index in [1.165, 1.54) is 24.3 Å². The summed E-state index contributed by atoms with van der Waals surface area (Å²) in [6, 6.07) is 33.5. The molecule has 0 bridgehead atoms. The van der Waals surface area contributed by atoms with Crippen molar-refractivity contribution in [3.05, 3.63) is 132 Å². The van der Waals surface area contributed by atoms with Crippen LogP contribution in [0.1, 0.15) is 20.7 Å². The minimum absolute atomic E-state index is 0.276. The van der Waals surface area contributed by atoms with Crippen LogP contribution in [0.2, 0.25) is 0 Å². The maximum absolute atomic E-state index is 12.6. The predicted octanol–water partition coefficient (Wildman–Crippen LogP) is 6.21. The number of carbonyl (C=O) groups excluding carboxylic acids is 2. The van der Waals surface area contributed by atoms with Crippen LogP contribution in [0.25, 0.3) is 0 Å². The highest BCUT2D eigenvalue weighted by atomic mass is 16.5. The van der Waals surface area contributed by atoms with Crippen molar-refractivity contribution in [3.63, 3.8) is 0 Å². The number of benzene rings is 5. The van der Waals surface area contributed by atoms with Gasteiger partial charge in [0.05, 0.1) is 11.1 Å². The Morgan fingerprint density at radius 2 is 0.609 bits per heavy atom. The fraction of sp³-hybridized carbons (Fsp3) is 0.111. The average molecular weight is 621 g/mol. The first-order valence-electron chi connectivity index (χ1n) is 14.4. The second kappa shape index (κ2) is 15.5. The predicted molar refractivity (Wildman–Crippen MR) is 173 cm³/mol. The number of carbonyl (C=O) groups is 2. The highest BCUT2D eigenvalue weighted by Gasteiger charge is 2.13. The van der Waals surface area contributed by atoms with E-state index in [4.69, 9.17) is 39.9 Å². The van der Waals surface area contributed by atoms with Crippen LogP contribution in [0.3, 0.4) is 0 Å². The van der Waals surface area contributed by atoms with Gasteiger partial charge in [0.15, 0.2) is 0 Å². The van der Waals surface area contributed by atoms with Gasteiger partial charge < -0.3 is 39.9 Å². The Labute approximate surface area is 266 Å². The summed E-state index contributed by atoms with van der Waals surface area (Å²) in [5.74, 6) is 2.17. The van der Waals surface area contributed by atoms with E-state index in [0.29, 0.717) is 72.3 Å². The molecule has 0 aliphatic heterocycles. The summed E-state index contributed by atoms with van der Waals surface area (Å²) >= 11 is 0. The molecule has 0 saturated carbocycles. The van der Waals surface area contributed by atoms with Gasteiger partial charge in [-0.2, -0.15) is 0 Å². The first-order chi connectivity index (χ1) is 22.4. The number of hydrogen-bond donors (Lipinski definition) is 2. The molecule has 234 valence electrons. The van der Waals surface area contributed by atoms with E-state index in [1.54, 1.807) is 97.1 Å². The topological polar surface area (TPSA) is 142 Å². The maximum atomic E-state index is 12.6. The van der Waals surface area contributed by atoms with Crippen LogP contribution in [0.5, 0.6) is 34.5 Å². The van der Waals surface area contributed by atoms with E-state index in [9.17, 15) is 9.59 Å². The fourth-order valence-corrected chi connectivity index (χ4v) is 4.05. The van der Waals surface area contributed by atoms with E-state index in [1.807, 2.05) is 0 Å². The molecule has 0 heterocycles. The Bertz CT molecular complexity index is 1580. The van der Waals surface area contributed by atoms with Crippen LogP contribution in [0.15, 0.2) is 121 Å². The van der Waals surface area contributed by atoms with Crippen LogP contribution < -0.4 is 39.9 Å². The van der Waals surface area contributed by atoms with Gasteiger partial charge in [-0.3, -0.25) is 0 Å². The van der Waals surface area contributed by atoms with Gasteiger partial charge in [0.25, 0.3) is 0 Å². The first-order valence-corrected chi connectivity index (χ1v) is 14.4. The maximum Gasteiger partial charge on any atom is 0.343 e. The monoisotopic (exact) mass is 620 g/mol. The highest BCUT2D eigenvalue weighted by Crippen LogP contribution is 2.21. The van der Waals surface area contributed by atoms with Crippen molar-refractivity contribution in [1.29, 1.82) is 0 Å². The van der Waals surface area contributed by atoms with Gasteiger partial charge in [-0.1, -0.05) is 0 Å². The largest absolute Gasteiger partial charge is 0.490 e. The van der Waals surface area contributed by atoms with E-state index in [0.717, 1.165) is 0 Å². The normalized spacial score (nSPS) is 10.4. The molecule has 5 aromatic rings. The second-order valence-corrected chi connectivity index (χ2v) is 9.83. The minimum Gasteiger partial charge on any atom is -0.490 e. The molecule has 0 aliphatic rings. The van der Waals surface area contributed by atoms with Gasteiger partial charge in [0.2, 0.25) is 0 Å². The van der Waals surface area contributed by atoms with Crippen molar-refractivity contribution in [2.45, 2.75) is 0 Å². The molecule has 0 atom stereocenters. The van der Waals surface area contributed by atoms with Gasteiger partial charge >= 0.3 is 11.9 Å². The Kier molecular flexibility index (Phi) is 10.6. The highest BCUT2D eigenvalue weighted by molar-refractivity contribution is 5.94. The standard InChI is InChI=1S/C36H32N2O8/c37-27-5-9-29(10-6-27)41-21-23-43-31-13-17-33(18-14-31)45-35(39)25-1-2-26(4-3-25)36(40)46-34-19-15-32(16-20-34)44-24-22-42-30-11-7-28(38)8-12-30/h1-20H,21-24,37-38H2. The lowest BCUT2D eigenvalue weighted by molar-refractivity contribution is 0.0720. The van der Waals surface area contributed by atoms with Gasteiger partial charge in [0.1, 0.15) is 60.9 Å². The Morgan fingerprint density at radius 1 is 0.370 bits per heavy atom. The first kappa shape index (κ1) is 31.3. The molecule has 0 saturated heterocycles. The van der Waals surface area contributed by atoms with Crippen molar-refractivity contribution in [3.8, 4) is 34.5 Å². The Balaban J connectivity index is 1.02. The number of anilines is 2. The lowest BCUT2D eigenvalue weighted by Gasteiger charge is -2.10. The van der Waals surface area contributed by atoms with E-state index in [2.05, 4.69) is 0 Å². The number of esters is 2. The molecule has 10 nitrogen and oxygen atoms in total. The minimum atomic E-state index is -0.570. The molecule has 0 amide bonds. The fourth-order valence-electron chi connectivity index (χ4n) is 4.05. The molecule has 5 rings (SSSR count). The quantitative estimate of drug-likeness (QED) is 0.0637. The number of hydrogen-bond acceptors (Lipinski definition) is 10. The van der Waals surface area contributed by atoms with Gasteiger partial charge in [-0.25, -0.2) is 9.59 Å². The number of ether oxygens (including phenoxy) is 6. The summed E-state index contributed by atoms with van der Waals surface area (Å²) in [5.41, 5.74) is 13.2. The molecule has 5 aromatic carbocycles. The van der Waals surface area contributed by atoms with Crippen molar-refractivity contribution in [1.82, 2.24) is 0 Å². The van der Waals surface area contributed by atoms with Gasteiger partial charge in [0, 0.05) is 11.4 Å². The molecule has 0 radical (unpaired) electrons. The van der Waals surface area contributed by atoms with Crippen molar-refractivity contribution >= 4 is 23.3 Å². The zero-order valence-corrected chi connectivity index (χ0v) is 24.8. The molecule has 0 aromatic heterocycles. The summed E-state index contributed by atoms with van der Waals surface area (Å²) < 4.78 is 33.4. The third-order valence-corrected chi connectivity index (χ3v) is 6.43. The molecular weight excluding hydrogens is 588 g/mol. The van der Waals surface area contributed by atoms with Crippen molar-refractivity contribution < 1.29 is 38.0 Å². The van der Waals surface area contributed by atoms with Gasteiger partial charge in [-0.15, -0.1) is 0 Å². The van der Waals surface area contributed by atoms with Crippen LogP contribution in [0, 0.1) is 0 Å². The van der Waals surface area contributed by atoms with Gasteiger partial charge in [-0.05, 0) is 121 Å². The number of nitrogens with two attached hydrogens (primary N) is 2. The van der Waals surface area contributed by atoms with Crippen LogP contribution in [0.4, 0.5) is 11.4 Å². The SMILES string of the molecule is Nc1ccc(OCCOc2ccc(OC(=O)c3ccc(C(=O)Oc4ccc(OCCOc5ccc(N)cc5)cc4)cc3)cc2)cc1. The molecule has 0 aliphatic carbocycles. The zero-order valence-electron chi connectivity index (χ0n) is 24.8. The number of rotatable bonds is 14. The lowest BCUT2D eigenvalue weighted by Crippen LogP contribution is -2.11. The molecule has 0 fully saturated rings. The average Bonchev–Trinajstić information content (AvgIpc) is 3.08. The molecule has 10 heteroatoms. The van der Waals surface area contributed by atoms with E-state index in [-0.39, 0.29) is 11.1 Å². The molecular formula is C36H32N2O8. The summed E-state index contributed by atoms with van der Waals surface area (Å²) in [7, 11) is 0. The van der Waals surface area contributed by atoms with Crippen molar-refractivity contribution in [2.75, 3.05) is 37.9 Å². The summed E-state index contributed by atoms with van der Waals surface area (Å²) in [4.78, 5) is 25.3. The van der Waals surface area contributed by atoms with Crippen LogP contribution >= 0.6 is 0 Å². The Hall–Kier alpha value is -6.16. The summed E-state index contributed by atoms with van der Waals surface area (Å²) in [6.07, 6.45) is 0. The second-order valence-electron chi connectivity index (χ2n) is 9.83. The number of nitrogen functional groups attached to an aromatic ring is 2. The summed E-state index contributed by atoms with van der Waals surface area (Å²) in [6.45, 7) is 1.38. The molecule has 0 spiro atoms. The zero-order chi connectivity index (χ0) is 32.1. The molecule has 0 unspecified atom stereocenters. The van der Waals surface area contributed by atoms with Crippen molar-refractivity contribution in [2.24, 2.45) is 0 Å². The molecule has 4 N–H and O–H groups in total. The lowest BCUT2D eigenvalue weighted by atomic mass is 10.1. The summed E-state index contributed by atoms with van der Waals surface area (Å²) in [5, 5.41) is 0. The third kappa shape index (κ3) is 9.42. The van der Waals surface area contributed by atoms with Crippen LogP contribution in [-0.2, 0) is 0 Å². The molecule has 46 heavy (non-hydrogen) atoms. The Morgan fingerprint density at radius 3 is 0.891 bits per heavy atom. The van der Waals surface area contributed by atoms with E-state index >= 15 is 0 Å². The van der Waals surface area contributed by atoms with Crippen LogP contribution in [-0.4, -0.2) is 38.4 Å². The third-order valence-electron chi connectivity index (χ3n) is 6.43. The smallest absolute Gasteiger partial charge is 0.343 e. The van der Waals surface area contributed by atoms with E-state index < -0.39 is 11.9 Å².